The Balaban J connectivity index is 1.67. The van der Waals surface area contributed by atoms with E-state index in [1.165, 1.54) is 30.0 Å². The highest BCUT2D eigenvalue weighted by atomic mass is 35.5. The van der Waals surface area contributed by atoms with Crippen molar-refractivity contribution in [3.05, 3.63) is 41.4 Å². The third kappa shape index (κ3) is 4.98. The van der Waals surface area contributed by atoms with Gasteiger partial charge in [-0.05, 0) is 37.3 Å². The van der Waals surface area contributed by atoms with E-state index in [1.807, 2.05) is 25.1 Å². The predicted octanol–water partition coefficient (Wildman–Crippen LogP) is 3.75. The Hall–Kier alpha value is -2.23. The molecule has 3 aromatic rings. The van der Waals surface area contributed by atoms with Crippen LogP contribution in [0.1, 0.15) is 6.92 Å². The van der Waals surface area contributed by atoms with Crippen LogP contribution in [0.4, 0.5) is 5.69 Å². The first-order valence-corrected chi connectivity index (χ1v) is 11.6. The number of nitrogens with zero attached hydrogens (tertiary/aromatic N) is 1. The molecule has 0 aliphatic carbocycles. The minimum Gasteiger partial charge on any atom is -0.494 e. The van der Waals surface area contributed by atoms with Crippen LogP contribution >= 0.6 is 23.4 Å². The van der Waals surface area contributed by atoms with Crippen molar-refractivity contribution in [2.75, 3.05) is 23.9 Å². The molecule has 3 rings (SSSR count). The van der Waals surface area contributed by atoms with Crippen LogP contribution in [0.25, 0.3) is 11.0 Å². The highest BCUT2D eigenvalue weighted by molar-refractivity contribution is 7.99. The summed E-state index contributed by atoms with van der Waals surface area (Å²) in [6.07, 6.45) is 1.09. The number of benzene rings is 2. The van der Waals surface area contributed by atoms with Crippen molar-refractivity contribution in [3.8, 4) is 5.75 Å². The van der Waals surface area contributed by atoms with Crippen molar-refractivity contribution < 1.29 is 17.9 Å². The normalized spacial score (nSPS) is 11.5. The number of anilines is 1. The maximum Gasteiger partial charge on any atom is 0.234 e. The number of carbonyl (C=O) groups excluding carboxylic acids is 1. The fourth-order valence-electron chi connectivity index (χ4n) is 2.44. The van der Waals surface area contributed by atoms with Gasteiger partial charge in [-0.15, -0.1) is 0 Å². The Kier molecular flexibility index (Phi) is 6.17. The summed E-state index contributed by atoms with van der Waals surface area (Å²) in [7, 11) is -3.40. The summed E-state index contributed by atoms with van der Waals surface area (Å²) in [5.74, 6) is 0.499. The summed E-state index contributed by atoms with van der Waals surface area (Å²) in [5, 5.41) is 3.49. The van der Waals surface area contributed by atoms with E-state index in [2.05, 4.69) is 15.3 Å². The highest BCUT2D eigenvalue weighted by Gasteiger charge is 2.13. The smallest absolute Gasteiger partial charge is 0.234 e. The topological polar surface area (TPSA) is 101 Å². The molecule has 0 aliphatic heterocycles. The van der Waals surface area contributed by atoms with E-state index in [-0.39, 0.29) is 27.3 Å². The number of hydrogen-bond donors (Lipinski definition) is 2. The fraction of sp³-hybridized carbons (Fsp3) is 0.222. The first-order chi connectivity index (χ1) is 13.3. The second kappa shape index (κ2) is 8.42. The molecule has 0 radical (unpaired) electrons. The molecule has 0 atom stereocenters. The third-order valence-corrected chi connectivity index (χ3v) is 6.04. The molecule has 0 fully saturated rings. The van der Waals surface area contributed by atoms with Crippen LogP contribution in [0.3, 0.4) is 0 Å². The lowest BCUT2D eigenvalue weighted by Crippen LogP contribution is -2.15. The molecule has 28 heavy (non-hydrogen) atoms. The number of nitrogens with one attached hydrogen (secondary N) is 2. The third-order valence-electron chi connectivity index (χ3n) is 3.72. The van der Waals surface area contributed by atoms with Crippen molar-refractivity contribution in [3.63, 3.8) is 0 Å². The van der Waals surface area contributed by atoms with Crippen LogP contribution in [0.2, 0.25) is 5.02 Å². The molecule has 0 bridgehead atoms. The predicted molar refractivity (Wildman–Crippen MR) is 111 cm³/mol. The lowest BCUT2D eigenvalue weighted by Gasteiger charge is -2.08. The quantitative estimate of drug-likeness (QED) is 0.543. The Bertz CT molecular complexity index is 1130. The minimum atomic E-state index is -3.40. The highest BCUT2D eigenvalue weighted by Crippen LogP contribution is 2.27. The molecule has 2 aromatic carbocycles. The SMILES string of the molecule is CCOc1ccc2nc(SCC(=O)Nc3cc(S(C)(=O)=O)ccc3Cl)[nH]c2c1. The van der Waals surface area contributed by atoms with Gasteiger partial charge in [0, 0.05) is 12.3 Å². The van der Waals surface area contributed by atoms with E-state index in [0.717, 1.165) is 23.0 Å². The number of carbonyl (C=O) groups is 1. The Morgan fingerprint density at radius 1 is 1.29 bits per heavy atom. The summed E-state index contributed by atoms with van der Waals surface area (Å²) >= 11 is 7.28. The molecular formula is C18H18ClN3O4S2. The van der Waals surface area contributed by atoms with E-state index in [9.17, 15) is 13.2 Å². The van der Waals surface area contributed by atoms with Crippen molar-refractivity contribution in [2.24, 2.45) is 0 Å². The second-order valence-corrected chi connectivity index (χ2v) is 9.29. The van der Waals surface area contributed by atoms with Gasteiger partial charge in [-0.25, -0.2) is 13.4 Å². The van der Waals surface area contributed by atoms with Crippen molar-refractivity contribution in [1.82, 2.24) is 9.97 Å². The lowest BCUT2D eigenvalue weighted by atomic mass is 10.3. The molecular weight excluding hydrogens is 422 g/mol. The van der Waals surface area contributed by atoms with Gasteiger partial charge in [-0.1, -0.05) is 23.4 Å². The molecule has 2 N–H and O–H groups in total. The van der Waals surface area contributed by atoms with Gasteiger partial charge in [0.2, 0.25) is 5.91 Å². The maximum atomic E-state index is 12.3. The Morgan fingerprint density at radius 3 is 2.79 bits per heavy atom. The molecule has 0 unspecified atom stereocenters. The fourth-order valence-corrected chi connectivity index (χ4v) is 3.94. The first-order valence-electron chi connectivity index (χ1n) is 8.31. The van der Waals surface area contributed by atoms with Gasteiger partial charge in [0.05, 0.1) is 39.0 Å². The van der Waals surface area contributed by atoms with Gasteiger partial charge in [0.25, 0.3) is 0 Å². The van der Waals surface area contributed by atoms with Gasteiger partial charge in [-0.3, -0.25) is 4.79 Å². The number of amides is 1. The van der Waals surface area contributed by atoms with Crippen molar-refractivity contribution in [1.29, 1.82) is 0 Å². The summed E-state index contributed by atoms with van der Waals surface area (Å²) in [5.41, 5.74) is 1.84. The molecule has 10 heteroatoms. The number of ether oxygens (including phenoxy) is 1. The number of H-pyrrole nitrogens is 1. The summed E-state index contributed by atoms with van der Waals surface area (Å²) in [4.78, 5) is 19.9. The monoisotopic (exact) mass is 439 g/mol. The number of aromatic nitrogens is 2. The van der Waals surface area contributed by atoms with Crippen LogP contribution in [0.15, 0.2) is 46.5 Å². The molecule has 0 aliphatic rings. The van der Waals surface area contributed by atoms with Gasteiger partial charge in [0.1, 0.15) is 5.75 Å². The number of fused-ring (bicyclic) bond motifs is 1. The average molecular weight is 440 g/mol. The molecule has 1 heterocycles. The first kappa shape index (κ1) is 20.5. The average Bonchev–Trinajstić information content (AvgIpc) is 3.03. The van der Waals surface area contributed by atoms with Gasteiger partial charge in [-0.2, -0.15) is 0 Å². The zero-order valence-electron chi connectivity index (χ0n) is 15.2. The van der Waals surface area contributed by atoms with Crippen LogP contribution in [0, 0.1) is 0 Å². The van der Waals surface area contributed by atoms with Crippen LogP contribution in [-0.4, -0.2) is 42.9 Å². The van der Waals surface area contributed by atoms with Crippen LogP contribution < -0.4 is 10.1 Å². The number of hydrogen-bond acceptors (Lipinski definition) is 6. The molecule has 1 amide bonds. The van der Waals surface area contributed by atoms with Gasteiger partial charge in [0.15, 0.2) is 15.0 Å². The number of rotatable bonds is 7. The summed E-state index contributed by atoms with van der Waals surface area (Å²) in [6, 6.07) is 9.72. The van der Waals surface area contributed by atoms with Gasteiger partial charge >= 0.3 is 0 Å². The minimum absolute atomic E-state index is 0.0809. The van der Waals surface area contributed by atoms with E-state index in [0.29, 0.717) is 11.8 Å². The van der Waals surface area contributed by atoms with E-state index in [1.54, 1.807) is 0 Å². The number of thioether (sulfide) groups is 1. The standard InChI is InChI=1S/C18H18ClN3O4S2/c1-3-26-11-4-7-14-16(8-11)22-18(21-14)27-10-17(23)20-15-9-12(28(2,24)25)5-6-13(15)19/h4-9H,3,10H2,1-2H3,(H,20,23)(H,21,22). The Morgan fingerprint density at radius 2 is 2.07 bits per heavy atom. The second-order valence-electron chi connectivity index (χ2n) is 5.90. The number of halogens is 1. The summed E-state index contributed by atoms with van der Waals surface area (Å²) in [6.45, 7) is 2.49. The van der Waals surface area contributed by atoms with E-state index in [4.69, 9.17) is 16.3 Å². The maximum absolute atomic E-state index is 12.3. The lowest BCUT2D eigenvalue weighted by molar-refractivity contribution is -0.113. The number of imidazole rings is 1. The molecule has 148 valence electrons. The largest absolute Gasteiger partial charge is 0.494 e. The number of sulfone groups is 1. The van der Waals surface area contributed by atoms with Gasteiger partial charge < -0.3 is 15.0 Å². The molecule has 7 nitrogen and oxygen atoms in total. The zero-order valence-corrected chi connectivity index (χ0v) is 17.5. The molecule has 0 spiro atoms. The number of aromatic amines is 1. The van der Waals surface area contributed by atoms with Crippen LogP contribution in [0.5, 0.6) is 5.75 Å². The van der Waals surface area contributed by atoms with E-state index >= 15 is 0 Å². The Labute approximate surface area is 171 Å². The molecule has 0 saturated heterocycles. The van der Waals surface area contributed by atoms with Crippen molar-refractivity contribution >= 4 is 55.8 Å². The van der Waals surface area contributed by atoms with Crippen molar-refractivity contribution in [2.45, 2.75) is 17.0 Å². The van der Waals surface area contributed by atoms with Crippen LogP contribution in [-0.2, 0) is 14.6 Å². The zero-order chi connectivity index (χ0) is 20.3. The van der Waals surface area contributed by atoms with E-state index < -0.39 is 9.84 Å². The molecule has 1 aromatic heterocycles. The molecule has 0 saturated carbocycles. The summed E-state index contributed by atoms with van der Waals surface area (Å²) < 4.78 is 28.8.